The molecule has 7 heteroatoms. The van der Waals surface area contributed by atoms with Crippen molar-refractivity contribution in [2.75, 3.05) is 26.2 Å². The van der Waals surface area contributed by atoms with Gasteiger partial charge in [-0.15, -0.1) is 6.42 Å². The number of aryl methyl sites for hydroxylation is 1. The molecule has 1 amide bonds. The van der Waals surface area contributed by atoms with Crippen molar-refractivity contribution in [3.63, 3.8) is 0 Å². The van der Waals surface area contributed by atoms with Crippen LogP contribution in [0.15, 0.2) is 47.5 Å². The number of aromatic amines is 1. The van der Waals surface area contributed by atoms with Gasteiger partial charge < -0.3 is 4.90 Å². The number of piperazine rings is 1. The van der Waals surface area contributed by atoms with Gasteiger partial charge in [0.05, 0.1) is 11.1 Å². The lowest BCUT2D eigenvalue weighted by Gasteiger charge is -2.36. The average Bonchev–Trinajstić information content (AvgIpc) is 3.19. The first-order valence-corrected chi connectivity index (χ1v) is 10.8. The summed E-state index contributed by atoms with van der Waals surface area (Å²) in [4.78, 5) is 34.4. The van der Waals surface area contributed by atoms with Crippen molar-refractivity contribution in [3.8, 4) is 29.3 Å². The largest absolute Gasteiger partial charge is 0.336 e. The van der Waals surface area contributed by atoms with Crippen LogP contribution in [0.5, 0.6) is 0 Å². The van der Waals surface area contributed by atoms with Gasteiger partial charge in [-0.1, -0.05) is 12.0 Å². The fourth-order valence-electron chi connectivity index (χ4n) is 4.06. The van der Waals surface area contributed by atoms with Crippen molar-refractivity contribution in [2.24, 2.45) is 0 Å². The van der Waals surface area contributed by atoms with Gasteiger partial charge in [0.25, 0.3) is 11.5 Å². The maximum atomic E-state index is 13.0. The third-order valence-corrected chi connectivity index (χ3v) is 6.01. The number of carbonyl (C=O) groups is 1. The number of aromatic nitrogens is 3. The second-order valence-electron chi connectivity index (χ2n) is 8.33. The van der Waals surface area contributed by atoms with Crippen molar-refractivity contribution in [1.29, 1.82) is 0 Å². The van der Waals surface area contributed by atoms with Gasteiger partial charge in [-0.05, 0) is 56.2 Å². The molecule has 0 saturated carbocycles. The van der Waals surface area contributed by atoms with E-state index in [9.17, 15) is 9.59 Å². The lowest BCUT2D eigenvalue weighted by Crippen LogP contribution is -2.50. The van der Waals surface area contributed by atoms with Crippen molar-refractivity contribution in [2.45, 2.75) is 26.8 Å². The molecule has 1 fully saturated rings. The van der Waals surface area contributed by atoms with Crippen LogP contribution in [0.25, 0.3) is 16.9 Å². The summed E-state index contributed by atoms with van der Waals surface area (Å²) in [7, 11) is 0. The molecule has 2 aromatic heterocycles. The fraction of sp³-hybridized carbons (Fsp3) is 0.320. The molecule has 1 saturated heterocycles. The van der Waals surface area contributed by atoms with Gasteiger partial charge in [-0.2, -0.15) is 0 Å². The first kappa shape index (κ1) is 21.6. The first-order valence-electron chi connectivity index (χ1n) is 10.8. The van der Waals surface area contributed by atoms with Crippen LogP contribution < -0.4 is 5.56 Å². The van der Waals surface area contributed by atoms with E-state index in [2.05, 4.69) is 34.8 Å². The van der Waals surface area contributed by atoms with Gasteiger partial charge >= 0.3 is 0 Å². The van der Waals surface area contributed by atoms with Crippen molar-refractivity contribution in [3.05, 3.63) is 69.8 Å². The molecule has 3 aromatic rings. The molecular weight excluding hydrogens is 402 g/mol. The number of nitrogens with zero attached hydrogens (tertiary/aromatic N) is 4. The number of H-pyrrole nitrogens is 1. The SMILES string of the molecule is C#Cc1ccc(-c2c[nH]n(-c3ccc(C(=O)N4CCN(C(C)C)CC4)cn3)c2=O)c(C)c1. The Morgan fingerprint density at radius 3 is 2.47 bits per heavy atom. The molecule has 0 spiro atoms. The molecule has 164 valence electrons. The highest BCUT2D eigenvalue weighted by Gasteiger charge is 2.23. The summed E-state index contributed by atoms with van der Waals surface area (Å²) in [6.45, 7) is 9.41. The Morgan fingerprint density at radius 1 is 1.12 bits per heavy atom. The molecule has 0 aliphatic carbocycles. The van der Waals surface area contributed by atoms with E-state index in [-0.39, 0.29) is 11.5 Å². The summed E-state index contributed by atoms with van der Waals surface area (Å²) in [6, 6.07) is 9.45. The number of carbonyl (C=O) groups excluding carboxylic acids is 1. The second kappa shape index (κ2) is 8.85. The molecule has 7 nitrogen and oxygen atoms in total. The van der Waals surface area contributed by atoms with E-state index in [0.29, 0.717) is 36.1 Å². The molecule has 0 atom stereocenters. The Labute approximate surface area is 187 Å². The number of hydrogen-bond donors (Lipinski definition) is 1. The van der Waals surface area contributed by atoms with Crippen molar-refractivity contribution in [1.82, 2.24) is 24.6 Å². The highest BCUT2D eigenvalue weighted by Crippen LogP contribution is 2.21. The van der Waals surface area contributed by atoms with Gasteiger partial charge in [0, 0.05) is 50.2 Å². The summed E-state index contributed by atoms with van der Waals surface area (Å²) < 4.78 is 1.37. The first-order chi connectivity index (χ1) is 15.4. The van der Waals surface area contributed by atoms with E-state index in [0.717, 1.165) is 29.8 Å². The average molecular weight is 430 g/mol. The Kier molecular flexibility index (Phi) is 5.97. The zero-order valence-electron chi connectivity index (χ0n) is 18.6. The van der Waals surface area contributed by atoms with Gasteiger partial charge in [0.1, 0.15) is 0 Å². The van der Waals surface area contributed by atoms with Gasteiger partial charge in [0.2, 0.25) is 0 Å². The minimum Gasteiger partial charge on any atom is -0.336 e. The lowest BCUT2D eigenvalue weighted by molar-refractivity contribution is 0.0595. The molecule has 4 rings (SSSR count). The van der Waals surface area contributed by atoms with Gasteiger partial charge in [-0.3, -0.25) is 19.6 Å². The molecule has 1 aliphatic heterocycles. The van der Waals surface area contributed by atoms with E-state index < -0.39 is 0 Å². The Hall–Kier alpha value is -3.63. The normalized spacial score (nSPS) is 14.5. The molecule has 3 heterocycles. The zero-order valence-corrected chi connectivity index (χ0v) is 18.6. The van der Waals surface area contributed by atoms with Crippen molar-refractivity contribution >= 4 is 5.91 Å². The lowest BCUT2D eigenvalue weighted by atomic mass is 10.0. The number of hydrogen-bond acceptors (Lipinski definition) is 4. The van der Waals surface area contributed by atoms with Crippen molar-refractivity contribution < 1.29 is 4.79 Å². The third kappa shape index (κ3) is 4.10. The van der Waals surface area contributed by atoms with Crippen LogP contribution >= 0.6 is 0 Å². The maximum Gasteiger partial charge on any atom is 0.280 e. The molecule has 1 aliphatic rings. The number of rotatable bonds is 4. The number of pyridine rings is 1. The van der Waals surface area contributed by atoms with E-state index in [1.54, 1.807) is 18.3 Å². The van der Waals surface area contributed by atoms with Crippen LogP contribution in [0, 0.1) is 19.3 Å². The van der Waals surface area contributed by atoms with Crippen LogP contribution in [0.3, 0.4) is 0 Å². The summed E-state index contributed by atoms with van der Waals surface area (Å²) in [5.74, 6) is 3.00. The predicted molar refractivity (Wildman–Crippen MR) is 125 cm³/mol. The molecule has 32 heavy (non-hydrogen) atoms. The van der Waals surface area contributed by atoms with E-state index in [1.807, 2.05) is 30.0 Å². The molecule has 0 bridgehead atoms. The zero-order chi connectivity index (χ0) is 22.8. The number of terminal acetylenes is 1. The van der Waals surface area contributed by atoms with Crippen LogP contribution in [0.4, 0.5) is 0 Å². The summed E-state index contributed by atoms with van der Waals surface area (Å²) in [5, 5.41) is 2.97. The van der Waals surface area contributed by atoms with E-state index in [4.69, 9.17) is 6.42 Å². The van der Waals surface area contributed by atoms with E-state index >= 15 is 0 Å². The minimum absolute atomic E-state index is 0.0313. The highest BCUT2D eigenvalue weighted by atomic mass is 16.2. The van der Waals surface area contributed by atoms with Crippen LogP contribution in [0.2, 0.25) is 0 Å². The molecule has 0 unspecified atom stereocenters. The molecule has 1 N–H and O–H groups in total. The van der Waals surface area contributed by atoms with Crippen LogP contribution in [-0.2, 0) is 0 Å². The standard InChI is InChI=1S/C25H27N5O2/c1-5-19-6-8-21(18(4)14-19)22-16-27-30(25(22)32)23-9-7-20(15-26-23)24(31)29-12-10-28(11-13-29)17(2)3/h1,6-9,14-17,27H,10-13H2,2-4H3. The number of amides is 1. The quantitative estimate of drug-likeness (QED) is 0.647. The number of benzene rings is 1. The molecular formula is C25H27N5O2. The van der Waals surface area contributed by atoms with Crippen LogP contribution in [0.1, 0.15) is 35.3 Å². The number of nitrogens with one attached hydrogen (secondary N) is 1. The molecule has 0 radical (unpaired) electrons. The Morgan fingerprint density at radius 2 is 1.88 bits per heavy atom. The third-order valence-electron chi connectivity index (χ3n) is 6.01. The fourth-order valence-corrected chi connectivity index (χ4v) is 4.06. The second-order valence-corrected chi connectivity index (χ2v) is 8.33. The van der Waals surface area contributed by atoms with Crippen LogP contribution in [-0.4, -0.2) is 62.7 Å². The monoisotopic (exact) mass is 429 g/mol. The predicted octanol–water partition coefficient (Wildman–Crippen LogP) is 2.68. The summed E-state index contributed by atoms with van der Waals surface area (Å²) in [5.41, 5.74) is 3.36. The maximum absolute atomic E-state index is 13.0. The Bertz CT molecular complexity index is 1220. The summed E-state index contributed by atoms with van der Waals surface area (Å²) in [6.07, 6.45) is 8.65. The topological polar surface area (TPSA) is 74.2 Å². The molecule has 1 aromatic carbocycles. The summed E-state index contributed by atoms with van der Waals surface area (Å²) >= 11 is 0. The minimum atomic E-state index is -0.210. The van der Waals surface area contributed by atoms with E-state index in [1.165, 1.54) is 10.9 Å². The van der Waals surface area contributed by atoms with Gasteiger partial charge in [0.15, 0.2) is 5.82 Å². The highest BCUT2D eigenvalue weighted by molar-refractivity contribution is 5.94. The van der Waals surface area contributed by atoms with Gasteiger partial charge in [-0.25, -0.2) is 9.67 Å². The smallest absolute Gasteiger partial charge is 0.280 e. The Balaban J connectivity index is 1.52.